The van der Waals surface area contributed by atoms with Gasteiger partial charge >= 0.3 is 0 Å². The summed E-state index contributed by atoms with van der Waals surface area (Å²) >= 11 is 0. The molecule has 2 aromatic carbocycles. The molecule has 0 heterocycles. The molecule has 0 nitrogen and oxygen atoms in total. The third-order valence-corrected chi connectivity index (χ3v) is 3.44. The molecule has 0 fully saturated rings. The van der Waals surface area contributed by atoms with Crippen molar-refractivity contribution in [3.05, 3.63) is 58.7 Å². The maximum atomic E-state index is 2.35. The van der Waals surface area contributed by atoms with Gasteiger partial charge in [-0.15, -0.1) is 0 Å². The van der Waals surface area contributed by atoms with Crippen LogP contribution in [0.3, 0.4) is 0 Å². The fourth-order valence-electron chi connectivity index (χ4n) is 2.19. The van der Waals surface area contributed by atoms with Gasteiger partial charge in [-0.1, -0.05) is 34.1 Å². The van der Waals surface area contributed by atoms with Crippen molar-refractivity contribution in [2.45, 2.75) is 53.4 Å². The van der Waals surface area contributed by atoms with Gasteiger partial charge in [0.25, 0.3) is 0 Å². The number of rotatable bonds is 4. The second-order valence-electron chi connectivity index (χ2n) is 4.62. The quantitative estimate of drug-likeness (QED) is 0.547. The van der Waals surface area contributed by atoms with Gasteiger partial charge in [-0.05, 0) is 0 Å². The normalized spacial score (nSPS) is 9.47. The van der Waals surface area contributed by atoms with E-state index < -0.39 is 0 Å². The van der Waals surface area contributed by atoms with Gasteiger partial charge in [0.15, 0.2) is 0 Å². The van der Waals surface area contributed by atoms with Crippen LogP contribution in [0.4, 0.5) is 0 Å². The molecular weight excluding hydrogens is 272 g/mol. The first-order chi connectivity index (χ1) is 8.74. The monoisotopic (exact) mass is 298 g/mol. The van der Waals surface area contributed by atoms with Crippen molar-refractivity contribution < 1.29 is 17.1 Å². The summed E-state index contributed by atoms with van der Waals surface area (Å²) in [5.41, 5.74) is 6.02. The van der Waals surface area contributed by atoms with Gasteiger partial charge in [0.05, 0.1) is 0 Å². The predicted molar refractivity (Wildman–Crippen MR) is 81.6 cm³/mol. The summed E-state index contributed by atoms with van der Waals surface area (Å²) in [5, 5.41) is 0. The molecule has 0 atom stereocenters. The molecule has 2 aromatic rings. The first-order valence-electron chi connectivity index (χ1n) is 7.22. The van der Waals surface area contributed by atoms with Gasteiger partial charge in [-0.25, -0.2) is 31.4 Å². The van der Waals surface area contributed by atoms with Gasteiger partial charge in [0.1, 0.15) is 0 Å². The van der Waals surface area contributed by atoms with E-state index in [1.807, 2.05) is 0 Å². The van der Waals surface area contributed by atoms with E-state index >= 15 is 0 Å². The van der Waals surface area contributed by atoms with Crippen LogP contribution in [-0.2, 0) is 42.8 Å². The Balaban J connectivity index is 0.000000352. The molecule has 0 bridgehead atoms. The Morgan fingerprint density at radius 2 is 1.21 bits per heavy atom. The SMILES string of the molecule is CC[c-]1[cH-][c-](CC)[c-](CC)[cH-]1.CC[c-]1cccc1.[Fe]. The fourth-order valence-corrected chi connectivity index (χ4v) is 2.19. The Morgan fingerprint density at radius 3 is 1.47 bits per heavy atom. The zero-order chi connectivity index (χ0) is 13.4. The van der Waals surface area contributed by atoms with Gasteiger partial charge in [0.2, 0.25) is 0 Å². The van der Waals surface area contributed by atoms with Crippen molar-refractivity contribution in [2.75, 3.05) is 0 Å². The molecule has 0 spiro atoms. The van der Waals surface area contributed by atoms with Gasteiger partial charge in [-0.3, -0.25) is 0 Å². The summed E-state index contributed by atoms with van der Waals surface area (Å²) in [5.74, 6) is 0. The maximum absolute atomic E-state index is 2.35. The molecule has 0 amide bonds. The second-order valence-corrected chi connectivity index (χ2v) is 4.62. The topological polar surface area (TPSA) is 0 Å². The minimum absolute atomic E-state index is 0. The first-order valence-corrected chi connectivity index (χ1v) is 7.22. The Bertz CT molecular complexity index is 399. The summed E-state index contributed by atoms with van der Waals surface area (Å²) in [6, 6.07) is 13.1. The molecule has 0 saturated carbocycles. The standard InChI is InChI=1S/C11H17.C7H9.Fe/c1-4-9-7-10(5-2)11(6-3)8-9;1-2-7-5-3-4-6-7;/h7-8H,4-6H2,1-3H3;3-6H,2H2,1H3;/q-5;-1;. The van der Waals surface area contributed by atoms with Crippen LogP contribution in [0, 0.1) is 0 Å². The fraction of sp³-hybridized carbons (Fsp3) is 0.444. The van der Waals surface area contributed by atoms with Gasteiger partial charge < -0.3 is 28.8 Å². The molecule has 1 heteroatoms. The number of hydrogen-bond acceptors (Lipinski definition) is 0. The van der Waals surface area contributed by atoms with Crippen molar-refractivity contribution in [2.24, 2.45) is 0 Å². The Labute approximate surface area is 129 Å². The summed E-state index contributed by atoms with van der Waals surface area (Å²) in [6.07, 6.45) is 4.70. The second kappa shape index (κ2) is 10.1. The molecule has 112 valence electrons. The van der Waals surface area contributed by atoms with Crippen LogP contribution in [0.15, 0.2) is 36.4 Å². The zero-order valence-corrected chi connectivity index (χ0v) is 13.8. The first kappa shape index (κ1) is 18.2. The summed E-state index contributed by atoms with van der Waals surface area (Å²) < 4.78 is 0. The molecule has 0 radical (unpaired) electrons. The smallest absolute Gasteiger partial charge is 0 e. The van der Waals surface area contributed by atoms with E-state index in [1.54, 1.807) is 11.1 Å². The molecule has 0 unspecified atom stereocenters. The summed E-state index contributed by atoms with van der Waals surface area (Å²) in [4.78, 5) is 0. The van der Waals surface area contributed by atoms with Crippen LogP contribution in [0.1, 0.15) is 49.9 Å². The average Bonchev–Trinajstić information content (AvgIpc) is 3.07. The van der Waals surface area contributed by atoms with Crippen molar-refractivity contribution in [3.63, 3.8) is 0 Å². The molecule has 0 aliphatic rings. The Morgan fingerprint density at radius 1 is 0.737 bits per heavy atom. The average molecular weight is 298 g/mol. The number of hydrogen-bond donors (Lipinski definition) is 0. The molecule has 0 aliphatic carbocycles. The molecule has 2 rings (SSSR count). The zero-order valence-electron chi connectivity index (χ0n) is 12.6. The van der Waals surface area contributed by atoms with Crippen molar-refractivity contribution in [3.8, 4) is 0 Å². The largest absolute Gasteiger partial charge is 0.743 e. The van der Waals surface area contributed by atoms with Crippen LogP contribution in [0.25, 0.3) is 0 Å². The predicted octanol–water partition coefficient (Wildman–Crippen LogP) is 5.06. The van der Waals surface area contributed by atoms with E-state index in [9.17, 15) is 0 Å². The molecule has 0 aliphatic heterocycles. The van der Waals surface area contributed by atoms with Crippen molar-refractivity contribution in [1.82, 2.24) is 0 Å². The van der Waals surface area contributed by atoms with E-state index in [-0.39, 0.29) is 17.1 Å². The van der Waals surface area contributed by atoms with E-state index in [4.69, 9.17) is 0 Å². The van der Waals surface area contributed by atoms with E-state index in [0.29, 0.717) is 0 Å². The van der Waals surface area contributed by atoms with E-state index in [2.05, 4.69) is 64.1 Å². The van der Waals surface area contributed by atoms with E-state index in [0.717, 1.165) is 6.42 Å². The van der Waals surface area contributed by atoms with Crippen molar-refractivity contribution in [1.29, 1.82) is 0 Å². The van der Waals surface area contributed by atoms with Crippen LogP contribution in [0.5, 0.6) is 0 Å². The minimum Gasteiger partial charge on any atom is -0.743 e. The van der Waals surface area contributed by atoms with Gasteiger partial charge in [0, 0.05) is 17.1 Å². The van der Waals surface area contributed by atoms with Crippen LogP contribution in [-0.4, -0.2) is 0 Å². The van der Waals surface area contributed by atoms with Crippen molar-refractivity contribution >= 4 is 0 Å². The maximum Gasteiger partial charge on any atom is 0 e. The van der Waals surface area contributed by atoms with Crippen LogP contribution in [0.2, 0.25) is 0 Å². The Kier molecular flexibility index (Phi) is 9.65. The van der Waals surface area contributed by atoms with Crippen LogP contribution >= 0.6 is 0 Å². The molecule has 0 saturated heterocycles. The van der Waals surface area contributed by atoms with Crippen LogP contribution < -0.4 is 0 Å². The summed E-state index contributed by atoms with van der Waals surface area (Å²) in [6.45, 7) is 8.84. The molecule has 0 N–H and O–H groups in total. The summed E-state index contributed by atoms with van der Waals surface area (Å²) in [7, 11) is 0. The Hall–Kier alpha value is -0.781. The third-order valence-electron chi connectivity index (χ3n) is 3.44. The molecule has 19 heavy (non-hydrogen) atoms. The van der Waals surface area contributed by atoms with Gasteiger partial charge in [-0.2, -0.15) is 17.7 Å². The molecule has 0 aromatic heterocycles. The third kappa shape index (κ3) is 5.80. The van der Waals surface area contributed by atoms with E-state index in [1.165, 1.54) is 30.4 Å². The minimum atomic E-state index is 0. The molecular formula is C18H26Fe-6. The number of aryl methyl sites for hydroxylation is 4.